The molecule has 0 aliphatic carbocycles. The van der Waals surface area contributed by atoms with Crippen molar-refractivity contribution in [3.05, 3.63) is 58.9 Å². The van der Waals surface area contributed by atoms with Crippen LogP contribution in [0.4, 0.5) is 5.69 Å². The number of aryl methyl sites for hydroxylation is 2. The summed E-state index contributed by atoms with van der Waals surface area (Å²) in [6.45, 7) is 4.88. The zero-order valence-corrected chi connectivity index (χ0v) is 18.4. The van der Waals surface area contributed by atoms with Gasteiger partial charge in [0.2, 0.25) is 15.9 Å². The molecule has 3 aromatic rings. The van der Waals surface area contributed by atoms with Crippen LogP contribution < -0.4 is 14.8 Å². The number of benzene rings is 1. The maximum atomic E-state index is 12.9. The van der Waals surface area contributed by atoms with Crippen molar-refractivity contribution in [1.82, 2.24) is 9.88 Å². The normalized spacial score (nSPS) is 11.7. The molecule has 0 aliphatic rings. The highest BCUT2D eigenvalue weighted by molar-refractivity contribution is 7.89. The zero-order chi connectivity index (χ0) is 22.6. The predicted octanol–water partition coefficient (Wildman–Crippen LogP) is 3.50. The summed E-state index contributed by atoms with van der Waals surface area (Å²) in [5.41, 5.74) is 1.57. The number of nitrogens with zero attached hydrogens (tertiary/aromatic N) is 1. The van der Waals surface area contributed by atoms with Gasteiger partial charge in [-0.05, 0) is 49.8 Å². The molecule has 164 valence electrons. The molecule has 0 unspecified atom stereocenters. The molecule has 2 N–H and O–H groups in total. The fourth-order valence-corrected chi connectivity index (χ4v) is 4.03. The maximum Gasteiger partial charge on any atom is 0.244 e. The second-order valence-electron chi connectivity index (χ2n) is 6.77. The number of methoxy groups -OCH3 is 1. The number of ether oxygens (including phenoxy) is 1. The Morgan fingerprint density at radius 2 is 1.97 bits per heavy atom. The monoisotopic (exact) mass is 445 g/mol. The maximum absolute atomic E-state index is 12.9. The van der Waals surface area contributed by atoms with Crippen molar-refractivity contribution in [2.75, 3.05) is 12.4 Å². The molecule has 0 bridgehead atoms. The van der Waals surface area contributed by atoms with Gasteiger partial charge in [0, 0.05) is 6.92 Å². The molecule has 31 heavy (non-hydrogen) atoms. The first kappa shape index (κ1) is 22.3. The second-order valence-corrected chi connectivity index (χ2v) is 8.50. The summed E-state index contributed by atoms with van der Waals surface area (Å²) in [6, 6.07) is 8.21. The van der Waals surface area contributed by atoms with E-state index in [0.29, 0.717) is 34.2 Å². The van der Waals surface area contributed by atoms with Gasteiger partial charge in [0.15, 0.2) is 5.76 Å². The molecule has 0 saturated carbocycles. The van der Waals surface area contributed by atoms with E-state index in [9.17, 15) is 13.2 Å². The number of sulfonamides is 1. The Kier molecular flexibility index (Phi) is 6.62. The summed E-state index contributed by atoms with van der Waals surface area (Å²) in [7, 11) is -2.48. The Morgan fingerprint density at radius 1 is 1.19 bits per heavy atom. The molecule has 1 aromatic carbocycles. The number of furan rings is 1. The van der Waals surface area contributed by atoms with Crippen molar-refractivity contribution in [3.8, 4) is 5.75 Å². The van der Waals surface area contributed by atoms with Crippen LogP contribution in [0.15, 0.2) is 44.2 Å². The summed E-state index contributed by atoms with van der Waals surface area (Å²) in [5.74, 6) is 1.49. The summed E-state index contributed by atoms with van der Waals surface area (Å²) >= 11 is 0. The molecule has 0 radical (unpaired) electrons. The van der Waals surface area contributed by atoms with Crippen molar-refractivity contribution >= 4 is 33.8 Å². The van der Waals surface area contributed by atoms with Crippen LogP contribution in [0.3, 0.4) is 0 Å². The van der Waals surface area contributed by atoms with E-state index in [0.717, 1.165) is 0 Å². The largest absolute Gasteiger partial charge is 0.495 e. The molecular formula is C21H23N3O6S. The van der Waals surface area contributed by atoms with Crippen molar-refractivity contribution in [1.29, 1.82) is 0 Å². The van der Waals surface area contributed by atoms with Crippen LogP contribution in [-0.2, 0) is 21.4 Å². The lowest BCUT2D eigenvalue weighted by Gasteiger charge is -2.11. The van der Waals surface area contributed by atoms with Crippen LogP contribution >= 0.6 is 0 Å². The highest BCUT2D eigenvalue weighted by Crippen LogP contribution is 2.27. The number of aromatic nitrogens is 1. The molecule has 3 rings (SSSR count). The van der Waals surface area contributed by atoms with Gasteiger partial charge in [-0.25, -0.2) is 13.1 Å². The van der Waals surface area contributed by atoms with Gasteiger partial charge in [-0.15, -0.1) is 0 Å². The average molecular weight is 445 g/mol. The van der Waals surface area contributed by atoms with Crippen LogP contribution in [0.2, 0.25) is 0 Å². The third-order valence-electron chi connectivity index (χ3n) is 4.33. The Balaban J connectivity index is 1.87. The van der Waals surface area contributed by atoms with Gasteiger partial charge in [-0.1, -0.05) is 17.3 Å². The Bertz CT molecular complexity index is 1220. The first-order valence-corrected chi connectivity index (χ1v) is 10.8. The van der Waals surface area contributed by atoms with Crippen LogP contribution in [0, 0.1) is 13.8 Å². The fourth-order valence-electron chi connectivity index (χ4n) is 2.83. The quantitative estimate of drug-likeness (QED) is 0.544. The zero-order valence-electron chi connectivity index (χ0n) is 17.6. The number of hydrogen-bond donors (Lipinski definition) is 2. The Labute approximate surface area is 180 Å². The minimum atomic E-state index is -3.88. The number of hydrogen-bond acceptors (Lipinski definition) is 7. The van der Waals surface area contributed by atoms with E-state index in [-0.39, 0.29) is 23.1 Å². The molecule has 10 heteroatoms. The van der Waals surface area contributed by atoms with Crippen molar-refractivity contribution in [2.24, 2.45) is 0 Å². The van der Waals surface area contributed by atoms with Gasteiger partial charge in [-0.3, -0.25) is 4.79 Å². The van der Waals surface area contributed by atoms with E-state index >= 15 is 0 Å². The van der Waals surface area contributed by atoms with Crippen molar-refractivity contribution in [2.45, 2.75) is 32.2 Å². The van der Waals surface area contributed by atoms with Crippen LogP contribution in [0.1, 0.15) is 35.5 Å². The number of carbonyl (C=O) groups is 1. The van der Waals surface area contributed by atoms with Crippen LogP contribution in [-0.4, -0.2) is 26.6 Å². The molecule has 0 saturated heterocycles. The summed E-state index contributed by atoms with van der Waals surface area (Å²) in [5, 5.41) is 6.51. The highest BCUT2D eigenvalue weighted by Gasteiger charge is 2.20. The van der Waals surface area contributed by atoms with E-state index in [1.807, 2.05) is 0 Å². The molecule has 2 heterocycles. The molecule has 9 nitrogen and oxygen atoms in total. The number of anilines is 1. The van der Waals surface area contributed by atoms with Crippen molar-refractivity contribution < 1.29 is 26.9 Å². The topological polar surface area (TPSA) is 124 Å². The highest BCUT2D eigenvalue weighted by atomic mass is 32.2. The third-order valence-corrected chi connectivity index (χ3v) is 5.75. The lowest BCUT2D eigenvalue weighted by Crippen LogP contribution is -2.23. The van der Waals surface area contributed by atoms with Gasteiger partial charge in [0.25, 0.3) is 0 Å². The van der Waals surface area contributed by atoms with Gasteiger partial charge < -0.3 is 19.0 Å². The van der Waals surface area contributed by atoms with Crippen molar-refractivity contribution in [3.63, 3.8) is 0 Å². The molecule has 0 spiro atoms. The summed E-state index contributed by atoms with van der Waals surface area (Å²) in [4.78, 5) is 11.4. The molecule has 0 fully saturated rings. The van der Waals surface area contributed by atoms with Gasteiger partial charge in [-0.2, -0.15) is 0 Å². The van der Waals surface area contributed by atoms with Gasteiger partial charge in [0.1, 0.15) is 33.5 Å². The summed E-state index contributed by atoms with van der Waals surface area (Å²) in [6.07, 6.45) is 3.25. The lowest BCUT2D eigenvalue weighted by molar-refractivity contribution is -0.114. The van der Waals surface area contributed by atoms with Gasteiger partial charge >= 0.3 is 0 Å². The minimum absolute atomic E-state index is 0.0107. The van der Waals surface area contributed by atoms with E-state index < -0.39 is 10.0 Å². The van der Waals surface area contributed by atoms with E-state index in [1.165, 1.54) is 20.1 Å². The van der Waals surface area contributed by atoms with E-state index in [2.05, 4.69) is 15.2 Å². The van der Waals surface area contributed by atoms with Gasteiger partial charge in [0.05, 0.1) is 13.7 Å². The van der Waals surface area contributed by atoms with Crippen LogP contribution in [0.25, 0.3) is 12.2 Å². The molecule has 2 aromatic heterocycles. The molecular weight excluding hydrogens is 422 g/mol. The molecule has 0 aliphatic heterocycles. The summed E-state index contributed by atoms with van der Waals surface area (Å²) < 4.78 is 44.1. The fraction of sp³-hybridized carbons (Fsp3) is 0.238. The smallest absolute Gasteiger partial charge is 0.244 e. The number of nitrogens with one attached hydrogen (secondary N) is 2. The second kappa shape index (κ2) is 9.19. The lowest BCUT2D eigenvalue weighted by atomic mass is 10.2. The molecule has 1 amide bonds. The number of rotatable bonds is 8. The molecule has 0 atom stereocenters. The SMILES string of the molecule is COc1ccc(C=Cc2onc(C)c2NC(C)=O)cc1S(=O)(=O)NCc1ccc(C)o1. The number of carbonyl (C=O) groups excluding carboxylic acids is 1. The third kappa shape index (κ3) is 5.41. The van der Waals surface area contributed by atoms with Crippen LogP contribution in [0.5, 0.6) is 5.75 Å². The average Bonchev–Trinajstić information content (AvgIpc) is 3.30. The minimum Gasteiger partial charge on any atom is -0.495 e. The van der Waals surface area contributed by atoms with E-state index in [4.69, 9.17) is 13.7 Å². The predicted molar refractivity (Wildman–Crippen MR) is 115 cm³/mol. The Morgan fingerprint density at radius 3 is 2.61 bits per heavy atom. The Hall–Kier alpha value is -3.37. The number of amides is 1. The first-order chi connectivity index (χ1) is 14.7. The standard InChI is InChI=1S/C21H23N3O6S/c1-13-5-8-17(29-13)12-22-31(26,27)20-11-16(6-9-18(20)28-4)7-10-19-21(23-15(3)25)14(2)24-30-19/h5-11,22H,12H2,1-4H3,(H,23,25). The first-order valence-electron chi connectivity index (χ1n) is 9.34. The van der Waals surface area contributed by atoms with E-state index in [1.54, 1.807) is 50.3 Å².